The zero-order chi connectivity index (χ0) is 14.7. The molecule has 5 nitrogen and oxygen atoms in total. The molecule has 1 fully saturated rings. The van der Waals surface area contributed by atoms with E-state index in [4.69, 9.17) is 4.42 Å². The Balaban J connectivity index is 1.58. The van der Waals surface area contributed by atoms with Crippen molar-refractivity contribution in [3.05, 3.63) is 41.6 Å². The van der Waals surface area contributed by atoms with Gasteiger partial charge in [0.2, 0.25) is 5.95 Å². The molecule has 1 aliphatic rings. The normalized spacial score (nSPS) is 19.6. The first kappa shape index (κ1) is 14.1. The van der Waals surface area contributed by atoms with Crippen molar-refractivity contribution >= 4 is 5.95 Å². The Morgan fingerprint density at radius 3 is 3.00 bits per heavy atom. The third-order valence-electron chi connectivity index (χ3n) is 3.81. The molecule has 0 amide bonds. The van der Waals surface area contributed by atoms with Crippen molar-refractivity contribution < 1.29 is 4.42 Å². The van der Waals surface area contributed by atoms with Crippen LogP contribution in [0.5, 0.6) is 0 Å². The van der Waals surface area contributed by atoms with Gasteiger partial charge in [-0.2, -0.15) is 0 Å². The fourth-order valence-electron chi connectivity index (χ4n) is 2.81. The molecule has 0 spiro atoms. The standard InChI is InChI=1S/C16H22N4O/c1-12-7-8-17-16(18-12)19-14-4-3-9-20(10-14)11-15-6-5-13(2)21-15/h5-8,14H,3-4,9-11H2,1-2H3,(H,17,18,19). The summed E-state index contributed by atoms with van der Waals surface area (Å²) in [4.78, 5) is 11.1. The summed E-state index contributed by atoms with van der Waals surface area (Å²) in [7, 11) is 0. The fourth-order valence-corrected chi connectivity index (χ4v) is 2.81. The zero-order valence-corrected chi connectivity index (χ0v) is 12.7. The molecule has 0 aliphatic carbocycles. The van der Waals surface area contributed by atoms with Crippen molar-refractivity contribution in [1.29, 1.82) is 0 Å². The maximum absolute atomic E-state index is 5.67. The van der Waals surface area contributed by atoms with Crippen LogP contribution < -0.4 is 5.32 Å². The quantitative estimate of drug-likeness (QED) is 0.936. The summed E-state index contributed by atoms with van der Waals surface area (Å²) in [6.07, 6.45) is 4.14. The third kappa shape index (κ3) is 3.82. The van der Waals surface area contributed by atoms with Crippen LogP contribution in [-0.4, -0.2) is 34.0 Å². The highest BCUT2D eigenvalue weighted by atomic mass is 16.3. The van der Waals surface area contributed by atoms with Crippen LogP contribution in [0, 0.1) is 13.8 Å². The molecule has 0 radical (unpaired) electrons. The summed E-state index contributed by atoms with van der Waals surface area (Å²) in [5.74, 6) is 2.75. The van der Waals surface area contributed by atoms with Gasteiger partial charge in [0.15, 0.2) is 0 Å². The molecule has 1 aliphatic heterocycles. The van der Waals surface area contributed by atoms with Gasteiger partial charge in [-0.1, -0.05) is 0 Å². The van der Waals surface area contributed by atoms with Gasteiger partial charge in [-0.3, -0.25) is 4.90 Å². The highest BCUT2D eigenvalue weighted by molar-refractivity contribution is 5.26. The lowest BCUT2D eigenvalue weighted by Crippen LogP contribution is -2.41. The Labute approximate surface area is 125 Å². The van der Waals surface area contributed by atoms with Crippen molar-refractivity contribution in [2.24, 2.45) is 0 Å². The third-order valence-corrected chi connectivity index (χ3v) is 3.81. The van der Waals surface area contributed by atoms with Gasteiger partial charge in [0.1, 0.15) is 11.5 Å². The predicted octanol–water partition coefficient (Wildman–Crippen LogP) is 2.76. The van der Waals surface area contributed by atoms with E-state index in [0.717, 1.165) is 49.2 Å². The van der Waals surface area contributed by atoms with Crippen LogP contribution in [0.15, 0.2) is 28.8 Å². The molecule has 5 heteroatoms. The highest BCUT2D eigenvalue weighted by Crippen LogP contribution is 2.17. The van der Waals surface area contributed by atoms with Gasteiger partial charge in [-0.05, 0) is 51.4 Å². The lowest BCUT2D eigenvalue weighted by atomic mass is 10.1. The second kappa shape index (κ2) is 6.26. The molecule has 1 atom stereocenters. The van der Waals surface area contributed by atoms with Crippen LogP contribution in [-0.2, 0) is 6.54 Å². The lowest BCUT2D eigenvalue weighted by Gasteiger charge is -2.32. The van der Waals surface area contributed by atoms with E-state index in [0.29, 0.717) is 6.04 Å². The van der Waals surface area contributed by atoms with Crippen LogP contribution >= 0.6 is 0 Å². The molecule has 3 rings (SSSR count). The Kier molecular flexibility index (Phi) is 4.20. The summed E-state index contributed by atoms with van der Waals surface area (Å²) in [5, 5.41) is 3.45. The second-order valence-electron chi connectivity index (χ2n) is 5.75. The number of aryl methyl sites for hydroxylation is 2. The van der Waals surface area contributed by atoms with Crippen molar-refractivity contribution in [1.82, 2.24) is 14.9 Å². The molecule has 0 saturated carbocycles. The van der Waals surface area contributed by atoms with E-state index in [9.17, 15) is 0 Å². The molecule has 1 unspecified atom stereocenters. The highest BCUT2D eigenvalue weighted by Gasteiger charge is 2.21. The summed E-state index contributed by atoms with van der Waals surface area (Å²) in [5.41, 5.74) is 0.992. The van der Waals surface area contributed by atoms with Crippen LogP contribution in [0.2, 0.25) is 0 Å². The molecule has 2 aromatic heterocycles. The number of hydrogen-bond donors (Lipinski definition) is 1. The van der Waals surface area contributed by atoms with Crippen LogP contribution in [0.3, 0.4) is 0 Å². The number of hydrogen-bond acceptors (Lipinski definition) is 5. The Hall–Kier alpha value is -1.88. The fraction of sp³-hybridized carbons (Fsp3) is 0.500. The van der Waals surface area contributed by atoms with Crippen molar-refractivity contribution in [2.75, 3.05) is 18.4 Å². The zero-order valence-electron chi connectivity index (χ0n) is 12.7. The average molecular weight is 286 g/mol. The molecular formula is C16H22N4O. The van der Waals surface area contributed by atoms with Gasteiger partial charge >= 0.3 is 0 Å². The van der Waals surface area contributed by atoms with Crippen molar-refractivity contribution in [3.63, 3.8) is 0 Å². The summed E-state index contributed by atoms with van der Waals surface area (Å²) in [6.45, 7) is 6.96. The maximum Gasteiger partial charge on any atom is 0.223 e. The first-order valence-electron chi connectivity index (χ1n) is 7.53. The van der Waals surface area contributed by atoms with E-state index < -0.39 is 0 Å². The topological polar surface area (TPSA) is 54.2 Å². The number of aromatic nitrogens is 2. The summed E-state index contributed by atoms with van der Waals surface area (Å²) < 4.78 is 5.67. The van der Waals surface area contributed by atoms with E-state index in [1.165, 1.54) is 6.42 Å². The minimum Gasteiger partial charge on any atom is -0.465 e. The van der Waals surface area contributed by atoms with E-state index in [1.54, 1.807) is 6.20 Å². The van der Waals surface area contributed by atoms with Gasteiger partial charge in [-0.25, -0.2) is 9.97 Å². The lowest BCUT2D eigenvalue weighted by molar-refractivity contribution is 0.193. The summed E-state index contributed by atoms with van der Waals surface area (Å²) >= 11 is 0. The predicted molar refractivity (Wildman–Crippen MR) is 82.1 cm³/mol. The second-order valence-corrected chi connectivity index (χ2v) is 5.75. The summed E-state index contributed by atoms with van der Waals surface area (Å²) in [6, 6.07) is 6.40. The molecule has 112 valence electrons. The van der Waals surface area contributed by atoms with Crippen LogP contribution in [0.25, 0.3) is 0 Å². The molecule has 1 saturated heterocycles. The molecule has 1 N–H and O–H groups in total. The van der Waals surface area contributed by atoms with Gasteiger partial charge in [0.25, 0.3) is 0 Å². The minimum absolute atomic E-state index is 0.400. The van der Waals surface area contributed by atoms with Gasteiger partial charge in [0, 0.05) is 24.5 Å². The Bertz CT molecular complexity index is 595. The van der Waals surface area contributed by atoms with Crippen LogP contribution in [0.4, 0.5) is 5.95 Å². The molecule has 3 heterocycles. The van der Waals surface area contributed by atoms with E-state index in [1.807, 2.05) is 26.0 Å². The van der Waals surface area contributed by atoms with Crippen molar-refractivity contribution in [2.45, 2.75) is 39.3 Å². The number of piperidine rings is 1. The Morgan fingerprint density at radius 2 is 2.24 bits per heavy atom. The van der Waals surface area contributed by atoms with Gasteiger partial charge in [0.05, 0.1) is 6.54 Å². The molecule has 2 aromatic rings. The SMILES string of the molecule is Cc1ccnc(NC2CCCN(Cc3ccc(C)o3)C2)n1. The first-order valence-corrected chi connectivity index (χ1v) is 7.53. The number of rotatable bonds is 4. The van der Waals surface area contributed by atoms with E-state index in [-0.39, 0.29) is 0 Å². The van der Waals surface area contributed by atoms with E-state index in [2.05, 4.69) is 26.3 Å². The largest absolute Gasteiger partial charge is 0.465 e. The minimum atomic E-state index is 0.400. The number of anilines is 1. The van der Waals surface area contributed by atoms with Crippen LogP contribution in [0.1, 0.15) is 30.1 Å². The molecule has 0 bridgehead atoms. The average Bonchev–Trinajstić information content (AvgIpc) is 2.84. The molecule has 0 aromatic carbocycles. The monoisotopic (exact) mass is 286 g/mol. The first-order chi connectivity index (χ1) is 10.2. The number of nitrogens with one attached hydrogen (secondary N) is 1. The Morgan fingerprint density at radius 1 is 1.33 bits per heavy atom. The molecular weight excluding hydrogens is 264 g/mol. The number of nitrogens with zero attached hydrogens (tertiary/aromatic N) is 3. The van der Waals surface area contributed by atoms with Gasteiger partial charge < -0.3 is 9.73 Å². The van der Waals surface area contributed by atoms with Gasteiger partial charge in [-0.15, -0.1) is 0 Å². The van der Waals surface area contributed by atoms with Crippen molar-refractivity contribution in [3.8, 4) is 0 Å². The molecule has 21 heavy (non-hydrogen) atoms. The maximum atomic E-state index is 5.67. The number of likely N-dealkylation sites (tertiary alicyclic amines) is 1. The smallest absolute Gasteiger partial charge is 0.223 e. The van der Waals surface area contributed by atoms with E-state index >= 15 is 0 Å². The number of furan rings is 1.